The average Bonchev–Trinajstić information content (AvgIpc) is 2.61. The largest absolute Gasteiger partial charge is 0.460 e. The lowest BCUT2D eigenvalue weighted by Crippen LogP contribution is -2.30. The fraction of sp³-hybridized carbons (Fsp3) is 0.222. The Labute approximate surface area is 131 Å². The van der Waals surface area contributed by atoms with Crippen molar-refractivity contribution in [3.8, 4) is 0 Å². The zero-order valence-corrected chi connectivity index (χ0v) is 12.9. The van der Waals surface area contributed by atoms with Gasteiger partial charge in [-0.25, -0.2) is 0 Å². The van der Waals surface area contributed by atoms with Crippen LogP contribution in [0.3, 0.4) is 0 Å². The van der Waals surface area contributed by atoms with Crippen molar-refractivity contribution in [2.45, 2.75) is 20.5 Å². The van der Waals surface area contributed by atoms with E-state index in [1.54, 1.807) is 24.3 Å². The molecule has 0 atom stereocenters. The molecule has 0 bridgehead atoms. The Balaban J connectivity index is 0.00000116. The minimum atomic E-state index is -0.460. The smallest absolute Gasteiger partial charge is 0.325 e. The van der Waals surface area contributed by atoms with Crippen LogP contribution in [0.1, 0.15) is 29.8 Å². The Morgan fingerprint density at radius 2 is 1.45 bits per heavy atom. The standard InChI is InChI=1S/C16H15NO3.C2H6/c18-15(20-12-13-7-3-1-4-8-13)11-17-16(19)14-9-5-2-6-10-14;1-2/h1-10H,11-12H2,(H,17,19);1-2H3. The minimum absolute atomic E-state index is 0.138. The highest BCUT2D eigenvalue weighted by Crippen LogP contribution is 2.01. The summed E-state index contributed by atoms with van der Waals surface area (Å²) in [7, 11) is 0. The molecule has 116 valence electrons. The molecule has 0 unspecified atom stereocenters. The molecule has 0 heterocycles. The Hall–Kier alpha value is -2.62. The van der Waals surface area contributed by atoms with Gasteiger partial charge in [0.2, 0.25) is 0 Å². The summed E-state index contributed by atoms with van der Waals surface area (Å²) < 4.78 is 5.06. The van der Waals surface area contributed by atoms with Crippen molar-refractivity contribution in [3.63, 3.8) is 0 Å². The van der Waals surface area contributed by atoms with E-state index in [9.17, 15) is 9.59 Å². The van der Waals surface area contributed by atoms with Crippen LogP contribution in [0.2, 0.25) is 0 Å². The van der Waals surface area contributed by atoms with E-state index in [2.05, 4.69) is 5.32 Å². The molecule has 0 aliphatic heterocycles. The number of amides is 1. The summed E-state index contributed by atoms with van der Waals surface area (Å²) in [5.74, 6) is -0.750. The first kappa shape index (κ1) is 17.4. The summed E-state index contributed by atoms with van der Waals surface area (Å²) in [6.45, 7) is 4.07. The van der Waals surface area contributed by atoms with Crippen LogP contribution in [0.5, 0.6) is 0 Å². The maximum Gasteiger partial charge on any atom is 0.325 e. The number of hydrogen-bond acceptors (Lipinski definition) is 3. The second kappa shape index (κ2) is 10.2. The van der Waals surface area contributed by atoms with Crippen molar-refractivity contribution in [2.75, 3.05) is 6.54 Å². The lowest BCUT2D eigenvalue weighted by atomic mass is 10.2. The molecule has 2 aromatic rings. The highest BCUT2D eigenvalue weighted by atomic mass is 16.5. The molecular formula is C18H21NO3. The summed E-state index contributed by atoms with van der Waals surface area (Å²) in [5, 5.41) is 2.52. The summed E-state index contributed by atoms with van der Waals surface area (Å²) in [6, 6.07) is 18.1. The predicted molar refractivity (Wildman–Crippen MR) is 86.4 cm³/mol. The maximum atomic E-state index is 11.7. The van der Waals surface area contributed by atoms with Crippen LogP contribution in [-0.4, -0.2) is 18.4 Å². The Morgan fingerprint density at radius 1 is 0.909 bits per heavy atom. The van der Waals surface area contributed by atoms with Crippen LogP contribution in [0.4, 0.5) is 0 Å². The van der Waals surface area contributed by atoms with Crippen LogP contribution < -0.4 is 5.32 Å². The lowest BCUT2D eigenvalue weighted by molar-refractivity contribution is -0.143. The van der Waals surface area contributed by atoms with Gasteiger partial charge in [-0.2, -0.15) is 0 Å². The van der Waals surface area contributed by atoms with Crippen LogP contribution in [0.25, 0.3) is 0 Å². The van der Waals surface area contributed by atoms with Crippen molar-refractivity contribution in [1.29, 1.82) is 0 Å². The van der Waals surface area contributed by atoms with Gasteiger partial charge >= 0.3 is 5.97 Å². The van der Waals surface area contributed by atoms with Gasteiger partial charge in [-0.05, 0) is 17.7 Å². The topological polar surface area (TPSA) is 55.4 Å². The molecule has 1 amide bonds. The Kier molecular flexibility index (Phi) is 8.05. The molecule has 2 aromatic carbocycles. The van der Waals surface area contributed by atoms with Crippen LogP contribution in [0, 0.1) is 0 Å². The Bertz CT molecular complexity index is 567. The molecule has 0 spiro atoms. The van der Waals surface area contributed by atoms with Gasteiger partial charge in [-0.15, -0.1) is 0 Å². The second-order valence-electron chi connectivity index (χ2n) is 4.19. The molecule has 0 aliphatic rings. The van der Waals surface area contributed by atoms with Crippen molar-refractivity contribution < 1.29 is 14.3 Å². The number of rotatable bonds is 5. The average molecular weight is 299 g/mol. The predicted octanol–water partition coefficient (Wildman–Crippen LogP) is 3.19. The first-order valence-corrected chi connectivity index (χ1v) is 7.28. The zero-order valence-electron chi connectivity index (χ0n) is 12.9. The third-order valence-electron chi connectivity index (χ3n) is 2.67. The summed E-state index contributed by atoms with van der Waals surface area (Å²) >= 11 is 0. The van der Waals surface area contributed by atoms with Gasteiger partial charge in [-0.1, -0.05) is 62.4 Å². The van der Waals surface area contributed by atoms with Crippen molar-refractivity contribution >= 4 is 11.9 Å². The van der Waals surface area contributed by atoms with Gasteiger partial charge in [0, 0.05) is 5.56 Å². The number of carbonyl (C=O) groups is 2. The first-order valence-electron chi connectivity index (χ1n) is 7.28. The van der Waals surface area contributed by atoms with Gasteiger partial charge in [0.1, 0.15) is 13.2 Å². The summed E-state index contributed by atoms with van der Waals surface area (Å²) in [5.41, 5.74) is 1.43. The number of carbonyl (C=O) groups excluding carboxylic acids is 2. The molecule has 2 rings (SSSR count). The van der Waals surface area contributed by atoms with Gasteiger partial charge in [0.15, 0.2) is 0 Å². The molecule has 4 heteroatoms. The van der Waals surface area contributed by atoms with Gasteiger partial charge < -0.3 is 10.1 Å². The highest BCUT2D eigenvalue weighted by Gasteiger charge is 2.08. The van der Waals surface area contributed by atoms with Gasteiger partial charge in [0.05, 0.1) is 0 Å². The van der Waals surface area contributed by atoms with Gasteiger partial charge in [0.25, 0.3) is 5.91 Å². The van der Waals surface area contributed by atoms with Crippen molar-refractivity contribution in [2.24, 2.45) is 0 Å². The zero-order chi connectivity index (χ0) is 16.2. The fourth-order valence-electron chi connectivity index (χ4n) is 1.63. The second-order valence-corrected chi connectivity index (χ2v) is 4.19. The molecule has 0 saturated heterocycles. The van der Waals surface area contributed by atoms with Crippen LogP contribution in [0.15, 0.2) is 60.7 Å². The molecule has 0 aromatic heterocycles. The number of benzene rings is 2. The van der Waals surface area contributed by atoms with E-state index < -0.39 is 5.97 Å². The number of esters is 1. The van der Waals surface area contributed by atoms with E-state index >= 15 is 0 Å². The summed E-state index contributed by atoms with van der Waals surface area (Å²) in [4.78, 5) is 23.2. The quantitative estimate of drug-likeness (QED) is 0.863. The first-order chi connectivity index (χ1) is 10.8. The summed E-state index contributed by atoms with van der Waals surface area (Å²) in [6.07, 6.45) is 0. The maximum absolute atomic E-state index is 11.7. The number of ether oxygens (including phenoxy) is 1. The molecule has 0 aliphatic carbocycles. The van der Waals surface area contributed by atoms with E-state index in [1.807, 2.05) is 50.2 Å². The molecule has 1 N–H and O–H groups in total. The van der Waals surface area contributed by atoms with Crippen molar-refractivity contribution in [3.05, 3.63) is 71.8 Å². The van der Waals surface area contributed by atoms with Crippen LogP contribution >= 0.6 is 0 Å². The lowest BCUT2D eigenvalue weighted by Gasteiger charge is -2.06. The molecule has 0 radical (unpaired) electrons. The third kappa shape index (κ3) is 6.22. The van der Waals surface area contributed by atoms with Gasteiger partial charge in [-0.3, -0.25) is 9.59 Å². The third-order valence-corrected chi connectivity index (χ3v) is 2.67. The number of hydrogen-bond donors (Lipinski definition) is 1. The number of nitrogens with one attached hydrogen (secondary N) is 1. The molecule has 0 saturated carbocycles. The van der Waals surface area contributed by atoms with E-state index in [0.717, 1.165) is 5.56 Å². The molecular weight excluding hydrogens is 278 g/mol. The fourth-order valence-corrected chi connectivity index (χ4v) is 1.63. The SMILES string of the molecule is CC.O=C(CNC(=O)c1ccccc1)OCc1ccccc1. The minimum Gasteiger partial charge on any atom is -0.460 e. The van der Waals surface area contributed by atoms with E-state index in [0.29, 0.717) is 5.56 Å². The molecule has 4 nitrogen and oxygen atoms in total. The van der Waals surface area contributed by atoms with E-state index in [4.69, 9.17) is 4.74 Å². The van der Waals surface area contributed by atoms with E-state index in [-0.39, 0.29) is 19.1 Å². The normalized spacial score (nSPS) is 9.18. The molecule has 22 heavy (non-hydrogen) atoms. The van der Waals surface area contributed by atoms with Crippen molar-refractivity contribution in [1.82, 2.24) is 5.32 Å². The highest BCUT2D eigenvalue weighted by molar-refractivity contribution is 5.95. The monoisotopic (exact) mass is 299 g/mol. The van der Waals surface area contributed by atoms with Crippen LogP contribution in [-0.2, 0) is 16.1 Å². The molecule has 0 fully saturated rings. The Morgan fingerprint density at radius 3 is 2.05 bits per heavy atom. The van der Waals surface area contributed by atoms with E-state index in [1.165, 1.54) is 0 Å².